The van der Waals surface area contributed by atoms with Crippen LogP contribution in [0.15, 0.2) is 12.1 Å². The third-order valence-electron chi connectivity index (χ3n) is 2.75. The first-order chi connectivity index (χ1) is 7.18. The number of hydrogen-bond acceptors (Lipinski definition) is 2. The number of piperidine rings is 1. The van der Waals surface area contributed by atoms with Gasteiger partial charge in [-0.2, -0.15) is 0 Å². The summed E-state index contributed by atoms with van der Waals surface area (Å²) in [6.45, 7) is 1.11. The van der Waals surface area contributed by atoms with Crippen LogP contribution in [0.2, 0.25) is 0 Å². The Bertz CT molecular complexity index is 344. The molecule has 1 atom stereocenters. The number of aromatic hydroxyl groups is 1. The van der Waals surface area contributed by atoms with Gasteiger partial charge in [-0.25, -0.2) is 0 Å². The molecule has 0 amide bonds. The maximum Gasteiger partial charge on any atom is 0.142 e. The van der Waals surface area contributed by atoms with E-state index >= 15 is 0 Å². The number of hydrogen-bond donors (Lipinski definition) is 2. The van der Waals surface area contributed by atoms with Crippen molar-refractivity contribution in [1.29, 1.82) is 0 Å². The quantitative estimate of drug-likeness (QED) is 0.618. The molecule has 16 heavy (non-hydrogen) atoms. The molecule has 1 aromatic carbocycles. The Balaban J connectivity index is 0.00000128. The summed E-state index contributed by atoms with van der Waals surface area (Å²) in [5.41, 5.74) is 1.31. The highest BCUT2D eigenvalue weighted by Gasteiger charge is 2.16. The van der Waals surface area contributed by atoms with Gasteiger partial charge >= 0.3 is 0 Å². The van der Waals surface area contributed by atoms with Crippen LogP contribution in [0.4, 0.5) is 0 Å². The number of benzene rings is 1. The molecule has 90 valence electrons. The van der Waals surface area contributed by atoms with Gasteiger partial charge in [0, 0.05) is 6.04 Å². The molecular formula is C11H14ClI2NO. The van der Waals surface area contributed by atoms with Crippen molar-refractivity contribution in [2.45, 2.75) is 25.3 Å². The van der Waals surface area contributed by atoms with Gasteiger partial charge in [0.1, 0.15) is 5.75 Å². The number of halogens is 3. The van der Waals surface area contributed by atoms with Gasteiger partial charge < -0.3 is 10.4 Å². The Hall–Kier alpha value is 0.730. The summed E-state index contributed by atoms with van der Waals surface area (Å²) in [5.74, 6) is 0.413. The van der Waals surface area contributed by atoms with Gasteiger partial charge in [-0.3, -0.25) is 0 Å². The number of phenolic OH excluding ortho intramolecular Hbond substituents is 1. The minimum absolute atomic E-state index is 0. The van der Waals surface area contributed by atoms with Crippen molar-refractivity contribution in [3.8, 4) is 5.75 Å². The van der Waals surface area contributed by atoms with Gasteiger partial charge in [-0.1, -0.05) is 6.42 Å². The number of rotatable bonds is 1. The van der Waals surface area contributed by atoms with Gasteiger partial charge in [0.05, 0.1) is 7.14 Å². The van der Waals surface area contributed by atoms with Gasteiger partial charge in [-0.05, 0) is 82.3 Å². The standard InChI is InChI=1S/C11H13I2NO.ClH/c12-8-5-7(6-9(13)11(8)15)10-3-1-2-4-14-10;/h5-6,10,14-15H,1-4H2;1H/t10-;/m1./s1. The Morgan fingerprint density at radius 2 is 1.81 bits per heavy atom. The Labute approximate surface area is 129 Å². The normalized spacial score (nSPS) is 20.2. The largest absolute Gasteiger partial charge is 0.506 e. The van der Waals surface area contributed by atoms with Crippen LogP contribution in [0, 0.1) is 7.14 Å². The fourth-order valence-corrected chi connectivity index (χ4v) is 3.74. The zero-order valence-corrected chi connectivity index (χ0v) is 13.8. The van der Waals surface area contributed by atoms with Crippen LogP contribution in [0.1, 0.15) is 30.9 Å². The minimum atomic E-state index is 0. The van der Waals surface area contributed by atoms with E-state index in [1.807, 2.05) is 0 Å². The lowest BCUT2D eigenvalue weighted by Gasteiger charge is -2.24. The van der Waals surface area contributed by atoms with Crippen molar-refractivity contribution in [2.75, 3.05) is 6.54 Å². The van der Waals surface area contributed by atoms with E-state index in [1.165, 1.54) is 24.8 Å². The monoisotopic (exact) mass is 465 g/mol. The lowest BCUT2D eigenvalue weighted by Crippen LogP contribution is -2.26. The second-order valence-corrected chi connectivity index (χ2v) is 6.16. The molecule has 0 radical (unpaired) electrons. The zero-order chi connectivity index (χ0) is 10.8. The van der Waals surface area contributed by atoms with Crippen LogP contribution in [0.3, 0.4) is 0 Å². The molecule has 2 N–H and O–H groups in total. The molecule has 1 aromatic rings. The molecule has 0 aromatic heterocycles. The van der Waals surface area contributed by atoms with Crippen LogP contribution in [0.5, 0.6) is 5.75 Å². The molecule has 1 heterocycles. The second-order valence-electron chi connectivity index (χ2n) is 3.84. The highest BCUT2D eigenvalue weighted by atomic mass is 127. The molecule has 0 unspecified atom stereocenters. The summed E-state index contributed by atoms with van der Waals surface area (Å²) in [6, 6.07) is 4.64. The second kappa shape index (κ2) is 6.61. The van der Waals surface area contributed by atoms with Crippen molar-refractivity contribution in [2.24, 2.45) is 0 Å². The molecule has 5 heteroatoms. The molecule has 1 saturated heterocycles. The van der Waals surface area contributed by atoms with Crippen molar-refractivity contribution in [1.82, 2.24) is 5.32 Å². The van der Waals surface area contributed by atoms with Crippen molar-refractivity contribution in [3.05, 3.63) is 24.8 Å². The van der Waals surface area contributed by atoms with E-state index in [2.05, 4.69) is 62.6 Å². The van der Waals surface area contributed by atoms with Gasteiger partial charge in [0.25, 0.3) is 0 Å². The molecule has 2 nitrogen and oxygen atoms in total. The van der Waals surface area contributed by atoms with E-state index in [1.54, 1.807) is 0 Å². The zero-order valence-electron chi connectivity index (χ0n) is 8.67. The fraction of sp³-hybridized carbons (Fsp3) is 0.455. The summed E-state index contributed by atoms with van der Waals surface area (Å²) in [6.07, 6.45) is 3.78. The predicted octanol–water partition coefficient (Wildman–Crippen LogP) is 3.84. The molecule has 1 aliphatic heterocycles. The van der Waals surface area contributed by atoms with Crippen LogP contribution < -0.4 is 5.32 Å². The summed E-state index contributed by atoms with van der Waals surface area (Å²) < 4.78 is 1.89. The third kappa shape index (κ3) is 3.36. The van der Waals surface area contributed by atoms with E-state index in [0.717, 1.165) is 13.7 Å². The van der Waals surface area contributed by atoms with Crippen molar-refractivity contribution in [3.63, 3.8) is 0 Å². The Morgan fingerprint density at radius 3 is 2.31 bits per heavy atom. The predicted molar refractivity (Wildman–Crippen MR) is 85.4 cm³/mol. The number of phenols is 1. The van der Waals surface area contributed by atoms with Crippen LogP contribution in [-0.4, -0.2) is 11.7 Å². The van der Waals surface area contributed by atoms with Crippen LogP contribution in [0.25, 0.3) is 0 Å². The topological polar surface area (TPSA) is 32.3 Å². The average molecular weight is 466 g/mol. The first-order valence-corrected chi connectivity index (χ1v) is 7.25. The lowest BCUT2D eigenvalue weighted by atomic mass is 9.98. The summed E-state index contributed by atoms with van der Waals surface area (Å²) in [4.78, 5) is 0. The maximum absolute atomic E-state index is 9.69. The highest BCUT2D eigenvalue weighted by Crippen LogP contribution is 2.32. The van der Waals surface area contributed by atoms with Crippen LogP contribution in [-0.2, 0) is 0 Å². The number of nitrogens with one attached hydrogen (secondary N) is 1. The molecule has 1 aliphatic rings. The maximum atomic E-state index is 9.69. The fourth-order valence-electron chi connectivity index (χ4n) is 1.92. The van der Waals surface area contributed by atoms with E-state index in [4.69, 9.17) is 0 Å². The van der Waals surface area contributed by atoms with Crippen molar-refractivity contribution >= 4 is 57.6 Å². The average Bonchev–Trinajstić information content (AvgIpc) is 2.26. The van der Waals surface area contributed by atoms with E-state index in [9.17, 15) is 5.11 Å². The molecule has 0 saturated carbocycles. The summed E-state index contributed by atoms with van der Waals surface area (Å²) in [5, 5.41) is 13.2. The van der Waals surface area contributed by atoms with Crippen molar-refractivity contribution < 1.29 is 5.11 Å². The molecule has 1 fully saturated rings. The Morgan fingerprint density at radius 1 is 1.19 bits per heavy atom. The molecule has 2 rings (SSSR count). The third-order valence-corrected chi connectivity index (χ3v) is 4.40. The van der Waals surface area contributed by atoms with Gasteiger partial charge in [-0.15, -0.1) is 12.4 Å². The SMILES string of the molecule is Cl.Oc1c(I)cc([C@H]2CCCCN2)cc1I. The summed E-state index contributed by atoms with van der Waals surface area (Å²) >= 11 is 4.38. The van der Waals surface area contributed by atoms with Crippen LogP contribution >= 0.6 is 57.6 Å². The molecule has 0 spiro atoms. The van der Waals surface area contributed by atoms with Gasteiger partial charge in [0.15, 0.2) is 0 Å². The smallest absolute Gasteiger partial charge is 0.142 e. The first kappa shape index (κ1) is 14.8. The molecule has 0 bridgehead atoms. The minimum Gasteiger partial charge on any atom is -0.506 e. The van der Waals surface area contributed by atoms with E-state index in [-0.39, 0.29) is 12.4 Å². The summed E-state index contributed by atoms with van der Waals surface area (Å²) in [7, 11) is 0. The highest BCUT2D eigenvalue weighted by molar-refractivity contribution is 14.1. The van der Waals surface area contributed by atoms with E-state index in [0.29, 0.717) is 11.8 Å². The lowest BCUT2D eigenvalue weighted by molar-refractivity contribution is 0.410. The molecular weight excluding hydrogens is 451 g/mol. The first-order valence-electron chi connectivity index (χ1n) is 5.10. The van der Waals surface area contributed by atoms with E-state index < -0.39 is 0 Å². The molecule has 0 aliphatic carbocycles. The van der Waals surface area contributed by atoms with Gasteiger partial charge in [0.2, 0.25) is 0 Å². The Kier molecular flexibility index (Phi) is 6.11.